The SMILES string of the molecule is Cl.NC1=C([N+](=O)[O-])C(Cc2ccccc2)(NCc2ccccc2)Nc2ccccc21. The number of nitrogens with zero attached hydrogens (tertiary/aromatic N) is 1. The summed E-state index contributed by atoms with van der Waals surface area (Å²) in [5.41, 5.74) is 8.72. The van der Waals surface area contributed by atoms with Crippen LogP contribution in [0, 0.1) is 10.1 Å². The van der Waals surface area contributed by atoms with Crippen LogP contribution >= 0.6 is 12.4 Å². The third kappa shape index (κ3) is 4.15. The molecule has 0 aliphatic carbocycles. The number of hydrogen-bond donors (Lipinski definition) is 3. The van der Waals surface area contributed by atoms with Crippen molar-refractivity contribution >= 4 is 23.8 Å². The summed E-state index contributed by atoms with van der Waals surface area (Å²) in [7, 11) is 0. The number of benzene rings is 3. The standard InChI is InChI=1S/C23H22N4O2.ClH/c24-21-19-13-7-8-14-20(19)26-23(22(21)27(28)29,15-17-9-3-1-4-10-17)25-16-18-11-5-2-6-12-18;/h1-14,25-26H,15-16,24H2;1H. The Morgan fingerprint density at radius 2 is 1.47 bits per heavy atom. The maximum absolute atomic E-state index is 12.2. The summed E-state index contributed by atoms with van der Waals surface area (Å²) in [6.07, 6.45) is 0.367. The molecule has 1 heterocycles. The first-order chi connectivity index (χ1) is 14.1. The molecule has 0 fully saturated rings. The van der Waals surface area contributed by atoms with E-state index < -0.39 is 5.66 Å². The molecule has 1 aliphatic heterocycles. The van der Waals surface area contributed by atoms with Crippen molar-refractivity contribution in [3.8, 4) is 0 Å². The Kier molecular flexibility index (Phi) is 6.40. The predicted octanol–water partition coefficient (Wildman–Crippen LogP) is 4.17. The van der Waals surface area contributed by atoms with Crippen LogP contribution in [0.5, 0.6) is 0 Å². The van der Waals surface area contributed by atoms with Crippen LogP contribution in [0.1, 0.15) is 16.7 Å². The van der Waals surface area contributed by atoms with Crippen LogP contribution in [0.3, 0.4) is 0 Å². The first kappa shape index (κ1) is 21.4. The van der Waals surface area contributed by atoms with E-state index in [4.69, 9.17) is 5.73 Å². The highest BCUT2D eigenvalue weighted by atomic mass is 35.5. The molecule has 0 spiro atoms. The number of rotatable bonds is 6. The zero-order valence-electron chi connectivity index (χ0n) is 16.2. The lowest BCUT2D eigenvalue weighted by Crippen LogP contribution is -2.58. The number of nitrogens with one attached hydrogen (secondary N) is 2. The van der Waals surface area contributed by atoms with Gasteiger partial charge in [0.25, 0.3) is 0 Å². The number of para-hydroxylation sites is 1. The molecule has 154 valence electrons. The first-order valence-corrected chi connectivity index (χ1v) is 9.44. The maximum Gasteiger partial charge on any atom is 0.309 e. The average Bonchev–Trinajstić information content (AvgIpc) is 2.74. The van der Waals surface area contributed by atoms with Gasteiger partial charge in [-0.2, -0.15) is 0 Å². The number of halogens is 1. The second-order valence-electron chi connectivity index (χ2n) is 7.10. The van der Waals surface area contributed by atoms with E-state index >= 15 is 0 Å². The fourth-order valence-electron chi connectivity index (χ4n) is 3.80. The van der Waals surface area contributed by atoms with E-state index in [1.165, 1.54) is 0 Å². The number of fused-ring (bicyclic) bond motifs is 1. The molecular formula is C23H23ClN4O2. The van der Waals surface area contributed by atoms with Gasteiger partial charge in [0.05, 0.1) is 4.92 Å². The van der Waals surface area contributed by atoms with E-state index in [0.717, 1.165) is 16.8 Å². The van der Waals surface area contributed by atoms with Gasteiger partial charge in [-0.3, -0.25) is 15.4 Å². The van der Waals surface area contributed by atoms with Crippen LogP contribution in [0.25, 0.3) is 5.70 Å². The zero-order valence-corrected chi connectivity index (χ0v) is 17.1. The topological polar surface area (TPSA) is 93.2 Å². The summed E-state index contributed by atoms with van der Waals surface area (Å²) in [6, 6.07) is 26.9. The maximum atomic E-state index is 12.2. The van der Waals surface area contributed by atoms with Gasteiger partial charge >= 0.3 is 5.70 Å². The molecule has 6 nitrogen and oxygen atoms in total. The molecule has 3 aromatic rings. The Morgan fingerprint density at radius 1 is 0.900 bits per heavy atom. The molecule has 4 rings (SSSR count). The van der Waals surface area contributed by atoms with Crippen molar-refractivity contribution in [3.05, 3.63) is 117 Å². The Morgan fingerprint density at radius 3 is 2.10 bits per heavy atom. The number of nitro groups is 1. The molecule has 0 radical (unpaired) electrons. The molecule has 1 aliphatic rings. The van der Waals surface area contributed by atoms with Crippen molar-refractivity contribution < 1.29 is 4.92 Å². The summed E-state index contributed by atoms with van der Waals surface area (Å²) in [4.78, 5) is 11.8. The number of anilines is 1. The van der Waals surface area contributed by atoms with Crippen LogP contribution in [-0.2, 0) is 13.0 Å². The summed E-state index contributed by atoms with van der Waals surface area (Å²) in [6.45, 7) is 0.452. The molecule has 0 amide bonds. The summed E-state index contributed by atoms with van der Waals surface area (Å²) in [5.74, 6) is 0. The molecule has 0 bridgehead atoms. The second-order valence-corrected chi connectivity index (χ2v) is 7.10. The van der Waals surface area contributed by atoms with E-state index in [0.29, 0.717) is 18.5 Å². The lowest BCUT2D eigenvalue weighted by atomic mass is 9.88. The number of hydrogen-bond acceptors (Lipinski definition) is 5. The molecular weight excluding hydrogens is 400 g/mol. The summed E-state index contributed by atoms with van der Waals surface area (Å²) >= 11 is 0. The van der Waals surface area contributed by atoms with Crippen LogP contribution in [0.15, 0.2) is 90.6 Å². The van der Waals surface area contributed by atoms with Crippen LogP contribution in [-0.4, -0.2) is 10.6 Å². The van der Waals surface area contributed by atoms with Crippen molar-refractivity contribution in [2.45, 2.75) is 18.6 Å². The van der Waals surface area contributed by atoms with E-state index in [1.54, 1.807) is 6.07 Å². The lowest BCUT2D eigenvalue weighted by molar-refractivity contribution is -0.434. The van der Waals surface area contributed by atoms with Gasteiger partial charge < -0.3 is 11.1 Å². The molecule has 0 saturated carbocycles. The predicted molar refractivity (Wildman–Crippen MR) is 122 cm³/mol. The monoisotopic (exact) mass is 422 g/mol. The molecule has 0 aromatic heterocycles. The smallest absolute Gasteiger partial charge is 0.309 e. The van der Waals surface area contributed by atoms with Crippen molar-refractivity contribution in [1.82, 2.24) is 5.32 Å². The third-order valence-electron chi connectivity index (χ3n) is 5.16. The largest absolute Gasteiger partial charge is 0.393 e. The normalized spacial score (nSPS) is 17.5. The molecule has 1 unspecified atom stereocenters. The highest BCUT2D eigenvalue weighted by Gasteiger charge is 2.48. The van der Waals surface area contributed by atoms with Crippen LogP contribution < -0.4 is 16.4 Å². The molecule has 30 heavy (non-hydrogen) atoms. The van der Waals surface area contributed by atoms with Crippen molar-refractivity contribution in [3.63, 3.8) is 0 Å². The summed E-state index contributed by atoms with van der Waals surface area (Å²) < 4.78 is 0. The Labute approximate surface area is 181 Å². The molecule has 1 atom stereocenters. The van der Waals surface area contributed by atoms with Gasteiger partial charge in [-0.1, -0.05) is 78.9 Å². The third-order valence-corrected chi connectivity index (χ3v) is 5.16. The lowest BCUT2D eigenvalue weighted by Gasteiger charge is -2.38. The minimum absolute atomic E-state index is 0. The van der Waals surface area contributed by atoms with Gasteiger partial charge in [-0.05, 0) is 17.2 Å². The summed E-state index contributed by atoms with van der Waals surface area (Å²) in [5, 5.41) is 19.0. The fraction of sp³-hybridized carbons (Fsp3) is 0.130. The fourth-order valence-corrected chi connectivity index (χ4v) is 3.80. The molecule has 4 N–H and O–H groups in total. The minimum atomic E-state index is -1.15. The minimum Gasteiger partial charge on any atom is -0.393 e. The second kappa shape index (κ2) is 8.98. The van der Waals surface area contributed by atoms with E-state index in [1.807, 2.05) is 78.9 Å². The van der Waals surface area contributed by atoms with Crippen LogP contribution in [0.4, 0.5) is 5.69 Å². The highest BCUT2D eigenvalue weighted by molar-refractivity contribution is 5.85. The Hall–Kier alpha value is -3.35. The van der Waals surface area contributed by atoms with Crippen molar-refractivity contribution in [2.24, 2.45) is 5.73 Å². The number of nitrogens with two attached hydrogens (primary N) is 1. The highest BCUT2D eigenvalue weighted by Crippen LogP contribution is 2.37. The van der Waals surface area contributed by atoms with Crippen molar-refractivity contribution in [2.75, 3.05) is 5.32 Å². The van der Waals surface area contributed by atoms with Crippen molar-refractivity contribution in [1.29, 1.82) is 0 Å². The van der Waals surface area contributed by atoms with Crippen LogP contribution in [0.2, 0.25) is 0 Å². The molecule has 0 saturated heterocycles. The van der Waals surface area contributed by atoms with Gasteiger partial charge in [0.2, 0.25) is 0 Å². The quantitative estimate of drug-likeness (QED) is 0.409. The Balaban J connectivity index is 0.00000256. The zero-order chi connectivity index (χ0) is 20.3. The van der Waals surface area contributed by atoms with Gasteiger partial charge in [-0.25, -0.2) is 0 Å². The molecule has 3 aromatic carbocycles. The van der Waals surface area contributed by atoms with E-state index in [2.05, 4.69) is 10.6 Å². The van der Waals surface area contributed by atoms with Gasteiger partial charge in [0.15, 0.2) is 5.66 Å². The average molecular weight is 423 g/mol. The van der Waals surface area contributed by atoms with Gasteiger partial charge in [0, 0.05) is 24.2 Å². The molecule has 7 heteroatoms. The van der Waals surface area contributed by atoms with Gasteiger partial charge in [0.1, 0.15) is 5.70 Å². The van der Waals surface area contributed by atoms with E-state index in [9.17, 15) is 10.1 Å². The first-order valence-electron chi connectivity index (χ1n) is 9.44. The Bertz CT molecular complexity index is 1060. The van der Waals surface area contributed by atoms with Gasteiger partial charge in [-0.15, -0.1) is 12.4 Å². The van der Waals surface area contributed by atoms with E-state index in [-0.39, 0.29) is 28.7 Å².